The van der Waals surface area contributed by atoms with E-state index >= 15 is 0 Å². The number of carbonyl (C=O) groups excluding carboxylic acids is 1. The van der Waals surface area contributed by atoms with Crippen molar-refractivity contribution in [3.8, 4) is 12.3 Å². The number of hydrogen-bond acceptors (Lipinski definition) is 4. The molecule has 0 heterocycles. The summed E-state index contributed by atoms with van der Waals surface area (Å²) in [5.74, 6) is 1.34. The largest absolute Gasteiger partial charge is 0.480 e. The number of rotatable bonds is 8. The van der Waals surface area contributed by atoms with Gasteiger partial charge < -0.3 is 20.9 Å². The fourth-order valence-corrected chi connectivity index (χ4v) is 1.06. The Kier molecular flexibility index (Phi) is 8.51. The Hall–Kier alpha value is -1.74. The van der Waals surface area contributed by atoms with Crippen LogP contribution >= 0.6 is 0 Å². The molecule has 6 heteroatoms. The van der Waals surface area contributed by atoms with Gasteiger partial charge in [-0.25, -0.2) is 4.79 Å². The van der Waals surface area contributed by atoms with Gasteiger partial charge in [0, 0.05) is 13.0 Å². The van der Waals surface area contributed by atoms with Crippen LogP contribution in [0.15, 0.2) is 0 Å². The molecule has 17 heavy (non-hydrogen) atoms. The zero-order valence-electron chi connectivity index (χ0n) is 9.65. The lowest BCUT2D eigenvalue weighted by atomic mass is 10.1. The number of carboxylic acid groups (broad SMARTS) is 1. The maximum atomic E-state index is 11.0. The average Bonchev–Trinajstić information content (AvgIpc) is 2.28. The van der Waals surface area contributed by atoms with Gasteiger partial charge in [-0.2, -0.15) is 0 Å². The van der Waals surface area contributed by atoms with E-state index in [1.807, 2.05) is 0 Å². The molecule has 4 N–H and O–H groups in total. The summed E-state index contributed by atoms with van der Waals surface area (Å²) in [6.45, 7) is 0.632. The van der Waals surface area contributed by atoms with Crippen LogP contribution in [0, 0.1) is 12.3 Å². The summed E-state index contributed by atoms with van der Waals surface area (Å²) < 4.78 is 4.74. The van der Waals surface area contributed by atoms with Gasteiger partial charge in [-0.3, -0.25) is 4.79 Å². The van der Waals surface area contributed by atoms with E-state index in [4.69, 9.17) is 22.0 Å². The molecule has 0 saturated carbocycles. The number of amides is 1. The summed E-state index contributed by atoms with van der Waals surface area (Å²) in [6.07, 6.45) is 6.55. The molecule has 96 valence electrons. The number of ether oxygens (including phenoxy) is 1. The topological polar surface area (TPSA) is 102 Å². The first-order valence-corrected chi connectivity index (χ1v) is 5.40. The minimum atomic E-state index is -1.01. The Labute approximate surface area is 101 Å². The van der Waals surface area contributed by atoms with Crippen LogP contribution in [0.1, 0.15) is 25.7 Å². The first-order valence-electron chi connectivity index (χ1n) is 5.40. The standard InChI is InChI=1S/C11H18N2O4/c1-2-3-8-17-11(16)13-7-5-4-6-9(12)10(14)15/h1,9H,3-8,12H2,(H,13,16)(H,14,15)/t9-/m0/s1. The summed E-state index contributed by atoms with van der Waals surface area (Å²) in [5.41, 5.74) is 5.31. The van der Waals surface area contributed by atoms with Crippen molar-refractivity contribution in [3.63, 3.8) is 0 Å². The van der Waals surface area contributed by atoms with Crippen LogP contribution in [0.4, 0.5) is 4.79 Å². The van der Waals surface area contributed by atoms with Crippen molar-refractivity contribution >= 4 is 12.1 Å². The molecule has 0 aromatic heterocycles. The van der Waals surface area contributed by atoms with E-state index in [2.05, 4.69) is 11.2 Å². The number of hydrogen-bond donors (Lipinski definition) is 3. The third-order valence-electron chi connectivity index (χ3n) is 2.01. The van der Waals surface area contributed by atoms with E-state index < -0.39 is 18.1 Å². The Morgan fingerprint density at radius 2 is 2.18 bits per heavy atom. The molecule has 0 bridgehead atoms. The highest BCUT2D eigenvalue weighted by atomic mass is 16.5. The molecule has 0 radical (unpaired) electrons. The van der Waals surface area contributed by atoms with Gasteiger partial charge in [-0.15, -0.1) is 12.3 Å². The number of nitrogens with one attached hydrogen (secondary N) is 1. The summed E-state index contributed by atoms with van der Waals surface area (Å²) >= 11 is 0. The third kappa shape index (κ3) is 9.20. The van der Waals surface area contributed by atoms with E-state index in [1.54, 1.807) is 0 Å². The zero-order chi connectivity index (χ0) is 13.1. The zero-order valence-corrected chi connectivity index (χ0v) is 9.65. The Bertz CT molecular complexity index is 286. The van der Waals surface area contributed by atoms with Gasteiger partial charge in [0.2, 0.25) is 0 Å². The molecule has 0 rings (SSSR count). The lowest BCUT2D eigenvalue weighted by Gasteiger charge is -2.07. The number of carbonyl (C=O) groups is 2. The Morgan fingerprint density at radius 3 is 2.76 bits per heavy atom. The van der Waals surface area contributed by atoms with E-state index in [9.17, 15) is 9.59 Å². The number of terminal acetylenes is 1. The predicted molar refractivity (Wildman–Crippen MR) is 62.3 cm³/mol. The minimum Gasteiger partial charge on any atom is -0.480 e. The maximum Gasteiger partial charge on any atom is 0.407 e. The molecule has 0 aliphatic carbocycles. The quantitative estimate of drug-likeness (QED) is 0.420. The van der Waals surface area contributed by atoms with Crippen molar-refractivity contribution in [1.82, 2.24) is 5.32 Å². The van der Waals surface area contributed by atoms with Gasteiger partial charge in [0.15, 0.2) is 0 Å². The normalized spacial score (nSPS) is 11.3. The van der Waals surface area contributed by atoms with Gasteiger partial charge in [0.05, 0.1) is 0 Å². The number of alkyl carbamates (subject to hydrolysis) is 1. The summed E-state index contributed by atoms with van der Waals surface area (Å²) in [7, 11) is 0. The van der Waals surface area contributed by atoms with Crippen LogP contribution in [-0.2, 0) is 9.53 Å². The molecule has 0 aromatic carbocycles. The molecular formula is C11H18N2O4. The van der Waals surface area contributed by atoms with Gasteiger partial charge in [-0.1, -0.05) is 0 Å². The highest BCUT2D eigenvalue weighted by molar-refractivity contribution is 5.72. The second-order valence-electron chi connectivity index (χ2n) is 3.46. The van der Waals surface area contributed by atoms with Crippen molar-refractivity contribution in [3.05, 3.63) is 0 Å². The number of aliphatic carboxylic acids is 1. The van der Waals surface area contributed by atoms with Crippen LogP contribution < -0.4 is 11.1 Å². The molecule has 1 atom stereocenters. The highest BCUT2D eigenvalue weighted by Crippen LogP contribution is 1.98. The summed E-state index contributed by atoms with van der Waals surface area (Å²) in [6, 6.07) is -0.836. The molecule has 0 aliphatic heterocycles. The molecular weight excluding hydrogens is 224 g/mol. The van der Waals surface area contributed by atoms with Crippen molar-refractivity contribution in [2.75, 3.05) is 13.2 Å². The van der Waals surface area contributed by atoms with E-state index in [1.165, 1.54) is 0 Å². The van der Waals surface area contributed by atoms with Crippen molar-refractivity contribution in [1.29, 1.82) is 0 Å². The van der Waals surface area contributed by atoms with E-state index in [0.29, 0.717) is 32.2 Å². The fourth-order valence-electron chi connectivity index (χ4n) is 1.06. The fraction of sp³-hybridized carbons (Fsp3) is 0.636. The predicted octanol–water partition coefficient (Wildman–Crippen LogP) is 0.318. The first kappa shape index (κ1) is 15.3. The smallest absolute Gasteiger partial charge is 0.407 e. The molecule has 0 spiro atoms. The highest BCUT2D eigenvalue weighted by Gasteiger charge is 2.10. The number of nitrogens with two attached hydrogens (primary N) is 1. The minimum absolute atomic E-state index is 0.201. The van der Waals surface area contributed by atoms with Crippen LogP contribution in [0.2, 0.25) is 0 Å². The van der Waals surface area contributed by atoms with Crippen molar-refractivity contribution in [2.45, 2.75) is 31.7 Å². The van der Waals surface area contributed by atoms with Crippen LogP contribution in [0.25, 0.3) is 0 Å². The SMILES string of the molecule is C#CCCOC(=O)NCCCC[C@H](N)C(=O)O. The van der Waals surface area contributed by atoms with Gasteiger partial charge in [0.25, 0.3) is 0 Å². The second-order valence-corrected chi connectivity index (χ2v) is 3.46. The summed E-state index contributed by atoms with van der Waals surface area (Å²) in [4.78, 5) is 21.4. The van der Waals surface area contributed by atoms with E-state index in [0.717, 1.165) is 0 Å². The Morgan fingerprint density at radius 1 is 1.47 bits per heavy atom. The van der Waals surface area contributed by atoms with Crippen LogP contribution in [0.3, 0.4) is 0 Å². The second kappa shape index (κ2) is 9.48. The average molecular weight is 242 g/mol. The van der Waals surface area contributed by atoms with Gasteiger partial charge in [0.1, 0.15) is 12.6 Å². The van der Waals surface area contributed by atoms with Crippen LogP contribution in [0.5, 0.6) is 0 Å². The number of carboxylic acids is 1. The summed E-state index contributed by atoms with van der Waals surface area (Å²) in [5, 5.41) is 11.0. The first-order chi connectivity index (χ1) is 8.07. The monoisotopic (exact) mass is 242 g/mol. The van der Waals surface area contributed by atoms with Crippen molar-refractivity contribution < 1.29 is 19.4 Å². The lowest BCUT2D eigenvalue weighted by Crippen LogP contribution is -2.30. The maximum absolute atomic E-state index is 11.0. The molecule has 0 saturated heterocycles. The molecule has 0 aromatic rings. The molecule has 0 unspecified atom stereocenters. The van der Waals surface area contributed by atoms with Crippen LogP contribution in [-0.4, -0.2) is 36.4 Å². The molecule has 1 amide bonds. The lowest BCUT2D eigenvalue weighted by molar-refractivity contribution is -0.138. The molecule has 0 aliphatic rings. The van der Waals surface area contributed by atoms with Crippen molar-refractivity contribution in [2.24, 2.45) is 5.73 Å². The van der Waals surface area contributed by atoms with Gasteiger partial charge >= 0.3 is 12.1 Å². The Balaban J connectivity index is 3.36. The number of unbranched alkanes of at least 4 members (excludes halogenated alkanes) is 1. The third-order valence-corrected chi connectivity index (χ3v) is 2.01. The molecule has 0 fully saturated rings. The van der Waals surface area contributed by atoms with E-state index in [-0.39, 0.29) is 6.61 Å². The molecule has 6 nitrogen and oxygen atoms in total. The van der Waals surface area contributed by atoms with Gasteiger partial charge in [-0.05, 0) is 19.3 Å².